The first-order valence-electron chi connectivity index (χ1n) is 8.50. The molecule has 1 saturated heterocycles. The summed E-state index contributed by atoms with van der Waals surface area (Å²) in [6, 6.07) is 12.9. The molecule has 0 saturated carbocycles. The summed E-state index contributed by atoms with van der Waals surface area (Å²) in [4.78, 5) is 26.9. The molecule has 0 aliphatic carbocycles. The van der Waals surface area contributed by atoms with Gasteiger partial charge in [-0.15, -0.1) is 0 Å². The second kappa shape index (κ2) is 9.34. The summed E-state index contributed by atoms with van der Waals surface area (Å²) < 4.78 is 11.0. The van der Waals surface area contributed by atoms with Crippen LogP contribution in [0.2, 0.25) is 0 Å². The van der Waals surface area contributed by atoms with Crippen LogP contribution in [0.1, 0.15) is 16.1 Å². The predicted octanol–water partition coefficient (Wildman–Crippen LogP) is 3.23. The number of carbonyl (C=O) groups excluding carboxylic acids is 2. The monoisotopic (exact) mass is 430 g/mol. The van der Waals surface area contributed by atoms with Crippen LogP contribution in [-0.2, 0) is 9.53 Å². The maximum absolute atomic E-state index is 12.8. The third kappa shape index (κ3) is 5.42. The lowest BCUT2D eigenvalue weighted by Crippen LogP contribution is -2.44. The minimum atomic E-state index is -0.485. The van der Waals surface area contributed by atoms with Gasteiger partial charge in [0.05, 0.1) is 13.2 Å². The number of benzene rings is 1. The summed E-state index contributed by atoms with van der Waals surface area (Å²) in [5.74, 6) is -0.619. The van der Waals surface area contributed by atoms with Gasteiger partial charge in [0.15, 0.2) is 10.4 Å². The van der Waals surface area contributed by atoms with E-state index >= 15 is 0 Å². The highest BCUT2D eigenvalue weighted by Gasteiger charge is 2.23. The average molecular weight is 431 g/mol. The van der Waals surface area contributed by atoms with Crippen molar-refractivity contribution in [1.29, 1.82) is 0 Å². The summed E-state index contributed by atoms with van der Waals surface area (Å²) in [6.45, 7) is 1.94. The van der Waals surface area contributed by atoms with Gasteiger partial charge < -0.3 is 19.4 Å². The summed E-state index contributed by atoms with van der Waals surface area (Å²) in [7, 11) is 0. The van der Waals surface area contributed by atoms with Crippen LogP contribution in [0.3, 0.4) is 0 Å². The summed E-state index contributed by atoms with van der Waals surface area (Å²) >= 11 is 3.16. The molecule has 2 aromatic rings. The first-order chi connectivity index (χ1) is 13.1. The number of rotatable bonds is 5. The molecule has 0 bridgehead atoms. The third-order valence-electron chi connectivity index (χ3n) is 3.93. The Labute approximate surface area is 165 Å². The number of morpholine rings is 1. The molecule has 2 heterocycles. The van der Waals surface area contributed by atoms with Crippen molar-refractivity contribution in [2.45, 2.75) is 0 Å². The Morgan fingerprint density at radius 1 is 1.07 bits per heavy atom. The number of carbonyl (C=O) groups is 2. The molecule has 0 radical (unpaired) electrons. The Balaban J connectivity index is 1.78. The van der Waals surface area contributed by atoms with Gasteiger partial charge in [-0.1, -0.05) is 42.5 Å². The van der Waals surface area contributed by atoms with Crippen molar-refractivity contribution >= 4 is 33.8 Å². The molecule has 0 spiro atoms. The molecule has 140 valence electrons. The first kappa shape index (κ1) is 19.1. The van der Waals surface area contributed by atoms with Crippen LogP contribution in [0.25, 0.3) is 6.08 Å². The average Bonchev–Trinajstić information content (AvgIpc) is 3.14. The van der Waals surface area contributed by atoms with Crippen molar-refractivity contribution in [3.8, 4) is 0 Å². The minimum absolute atomic E-state index is 0.120. The van der Waals surface area contributed by atoms with Crippen LogP contribution in [-0.4, -0.2) is 43.0 Å². The van der Waals surface area contributed by atoms with Gasteiger partial charge in [0, 0.05) is 13.1 Å². The number of amides is 2. The largest absolute Gasteiger partial charge is 0.444 e. The molecule has 1 aromatic carbocycles. The zero-order valence-corrected chi connectivity index (χ0v) is 16.1. The van der Waals surface area contributed by atoms with Crippen molar-refractivity contribution in [3.05, 3.63) is 76.3 Å². The number of halogens is 1. The van der Waals surface area contributed by atoms with E-state index in [1.54, 1.807) is 23.1 Å². The Kier molecular flexibility index (Phi) is 6.62. The maximum atomic E-state index is 12.8. The van der Waals surface area contributed by atoms with E-state index in [1.165, 1.54) is 6.07 Å². The fourth-order valence-corrected chi connectivity index (χ4v) is 2.85. The van der Waals surface area contributed by atoms with Crippen molar-refractivity contribution in [2.24, 2.45) is 0 Å². The minimum Gasteiger partial charge on any atom is -0.444 e. The Hall–Kier alpha value is -2.64. The molecule has 27 heavy (non-hydrogen) atoms. The molecule has 1 N–H and O–H groups in total. The van der Waals surface area contributed by atoms with Crippen LogP contribution in [0.15, 0.2) is 69.4 Å². The molecule has 3 rings (SSSR count). The van der Waals surface area contributed by atoms with E-state index in [0.717, 1.165) is 5.56 Å². The van der Waals surface area contributed by atoms with E-state index in [0.29, 0.717) is 31.0 Å². The van der Waals surface area contributed by atoms with Crippen LogP contribution >= 0.6 is 15.9 Å². The van der Waals surface area contributed by atoms with Gasteiger partial charge in [-0.25, -0.2) is 0 Å². The zero-order chi connectivity index (χ0) is 19.1. The topological polar surface area (TPSA) is 71.8 Å². The summed E-state index contributed by atoms with van der Waals surface area (Å²) in [6.07, 6.45) is 5.20. The van der Waals surface area contributed by atoms with Crippen molar-refractivity contribution < 1.29 is 18.7 Å². The third-order valence-corrected chi connectivity index (χ3v) is 4.35. The highest BCUT2D eigenvalue weighted by molar-refractivity contribution is 9.10. The number of nitrogens with one attached hydrogen (secondary N) is 1. The number of hydrogen-bond acceptors (Lipinski definition) is 4. The Morgan fingerprint density at radius 3 is 2.48 bits per heavy atom. The second-order valence-electron chi connectivity index (χ2n) is 5.81. The van der Waals surface area contributed by atoms with Crippen LogP contribution in [0.5, 0.6) is 0 Å². The van der Waals surface area contributed by atoms with E-state index in [4.69, 9.17) is 9.15 Å². The number of allylic oxidation sites excluding steroid dienone is 2. The quantitative estimate of drug-likeness (QED) is 0.583. The molecular weight excluding hydrogens is 412 g/mol. The Bertz CT molecular complexity index is 852. The lowest BCUT2D eigenvalue weighted by molar-refractivity contribution is -0.131. The van der Waals surface area contributed by atoms with E-state index in [-0.39, 0.29) is 17.4 Å². The van der Waals surface area contributed by atoms with Crippen LogP contribution < -0.4 is 5.32 Å². The van der Waals surface area contributed by atoms with E-state index in [2.05, 4.69) is 21.2 Å². The molecule has 1 aliphatic heterocycles. The van der Waals surface area contributed by atoms with Crippen molar-refractivity contribution in [3.63, 3.8) is 0 Å². The lowest BCUT2D eigenvalue weighted by Gasteiger charge is -2.27. The molecule has 1 aliphatic rings. The zero-order valence-electron chi connectivity index (χ0n) is 14.6. The predicted molar refractivity (Wildman–Crippen MR) is 105 cm³/mol. The Morgan fingerprint density at radius 2 is 1.81 bits per heavy atom. The molecular formula is C20H19BrN2O4. The molecule has 2 amide bonds. The van der Waals surface area contributed by atoms with E-state index < -0.39 is 5.91 Å². The lowest BCUT2D eigenvalue weighted by atomic mass is 10.2. The second-order valence-corrected chi connectivity index (χ2v) is 6.59. The highest BCUT2D eigenvalue weighted by Crippen LogP contribution is 2.14. The van der Waals surface area contributed by atoms with Crippen molar-refractivity contribution in [1.82, 2.24) is 10.2 Å². The standard InChI is InChI=1S/C20H19BrN2O4/c21-18-10-9-17(27-18)19(24)22-16(20(25)23-11-13-26-14-12-23)8-4-7-15-5-2-1-3-6-15/h1-10H,11-14H2,(H,22,24). The highest BCUT2D eigenvalue weighted by atomic mass is 79.9. The van der Waals surface area contributed by atoms with Gasteiger partial charge in [0.2, 0.25) is 0 Å². The van der Waals surface area contributed by atoms with E-state index in [1.807, 2.05) is 36.4 Å². The smallest absolute Gasteiger partial charge is 0.291 e. The van der Waals surface area contributed by atoms with Crippen molar-refractivity contribution in [2.75, 3.05) is 26.3 Å². The fraction of sp³-hybridized carbons (Fsp3) is 0.200. The molecule has 1 aromatic heterocycles. The summed E-state index contributed by atoms with van der Waals surface area (Å²) in [5, 5.41) is 2.65. The van der Waals surface area contributed by atoms with Gasteiger partial charge in [-0.05, 0) is 39.7 Å². The molecule has 0 unspecified atom stereocenters. The van der Waals surface area contributed by atoms with Gasteiger partial charge in [0.1, 0.15) is 5.70 Å². The number of ether oxygens (including phenoxy) is 1. The fourth-order valence-electron chi connectivity index (χ4n) is 2.54. The number of furan rings is 1. The van der Waals surface area contributed by atoms with Gasteiger partial charge in [-0.2, -0.15) is 0 Å². The maximum Gasteiger partial charge on any atom is 0.291 e. The van der Waals surface area contributed by atoms with Gasteiger partial charge in [-0.3, -0.25) is 9.59 Å². The normalized spacial score (nSPS) is 15.1. The number of nitrogens with zero attached hydrogens (tertiary/aromatic N) is 1. The first-order valence-corrected chi connectivity index (χ1v) is 9.30. The van der Waals surface area contributed by atoms with E-state index in [9.17, 15) is 9.59 Å². The number of hydrogen-bond donors (Lipinski definition) is 1. The van der Waals surface area contributed by atoms with Crippen LogP contribution in [0.4, 0.5) is 0 Å². The molecule has 0 atom stereocenters. The van der Waals surface area contributed by atoms with Gasteiger partial charge >= 0.3 is 0 Å². The van der Waals surface area contributed by atoms with Gasteiger partial charge in [0.25, 0.3) is 11.8 Å². The van der Waals surface area contributed by atoms with Crippen LogP contribution in [0, 0.1) is 0 Å². The molecule has 7 heteroatoms. The SMILES string of the molecule is O=C(NC(=CC=Cc1ccccc1)C(=O)N1CCOCC1)c1ccc(Br)o1. The molecule has 6 nitrogen and oxygen atoms in total. The summed E-state index contributed by atoms with van der Waals surface area (Å²) in [5.41, 5.74) is 1.18. The molecule has 1 fully saturated rings.